The van der Waals surface area contributed by atoms with Gasteiger partial charge < -0.3 is 34.4 Å². The second-order valence-corrected chi connectivity index (χ2v) is 14.5. The van der Waals surface area contributed by atoms with Gasteiger partial charge in [0.25, 0.3) is 0 Å². The molecule has 0 saturated carbocycles. The van der Waals surface area contributed by atoms with Crippen molar-refractivity contribution in [3.8, 4) is 0 Å². The molecular weight excluding hydrogens is 694 g/mol. The standard InChI is InChI=1S/C37H50BrN3O8/c1-5-7-13-18-40-19-14-9-12-17-28(43)39-26(22-47-4)31(24-15-10-8-11-16-24)48-36(46)29-30-34(44)41(27(21-42)23(3)6-2)33(35(40)45)37(30)20-25(38)32(29)49-37/h8-11,14-16,20,23,26-27,29-33,42H,5-7,12-13,17-19,21-22H2,1-4H3,(H,39,43)/b14-9-/t23-,26+,27-,29-,30+,31+,32-,33-,37+/m0/s1. The van der Waals surface area contributed by atoms with E-state index in [1.807, 2.05) is 56.3 Å². The average Bonchev–Trinajstić information content (AvgIpc) is 3.69. The van der Waals surface area contributed by atoms with Gasteiger partial charge in [0.1, 0.15) is 29.8 Å². The van der Waals surface area contributed by atoms with E-state index in [-0.39, 0.29) is 43.9 Å². The van der Waals surface area contributed by atoms with Crippen molar-refractivity contribution in [2.24, 2.45) is 17.8 Å². The second-order valence-electron chi connectivity index (χ2n) is 13.6. The maximum atomic E-state index is 14.9. The van der Waals surface area contributed by atoms with Crippen molar-refractivity contribution < 1.29 is 38.5 Å². The zero-order valence-corrected chi connectivity index (χ0v) is 30.5. The van der Waals surface area contributed by atoms with Crippen LogP contribution in [0, 0.1) is 17.8 Å². The Morgan fingerprint density at radius 1 is 1.08 bits per heavy atom. The number of halogens is 1. The summed E-state index contributed by atoms with van der Waals surface area (Å²) in [4.78, 5) is 60.7. The zero-order chi connectivity index (χ0) is 35.3. The highest BCUT2D eigenvalue weighted by Crippen LogP contribution is 2.59. The number of allylic oxidation sites excluding steroid dienone is 1. The van der Waals surface area contributed by atoms with Crippen molar-refractivity contribution >= 4 is 39.6 Å². The van der Waals surface area contributed by atoms with Crippen LogP contribution < -0.4 is 5.32 Å². The van der Waals surface area contributed by atoms with Gasteiger partial charge in [0.05, 0.1) is 31.2 Å². The minimum absolute atomic E-state index is 0.0685. The Hall–Kier alpha value is -3.06. The van der Waals surface area contributed by atoms with Crippen LogP contribution >= 0.6 is 15.9 Å². The van der Waals surface area contributed by atoms with E-state index in [2.05, 4.69) is 28.2 Å². The lowest BCUT2D eigenvalue weighted by atomic mass is 9.74. The van der Waals surface area contributed by atoms with Gasteiger partial charge in [0, 0.05) is 31.1 Å². The predicted molar refractivity (Wildman–Crippen MR) is 186 cm³/mol. The molecule has 2 N–H and O–H groups in total. The average molecular weight is 745 g/mol. The van der Waals surface area contributed by atoms with Crippen LogP contribution in [0.15, 0.2) is 53.0 Å². The van der Waals surface area contributed by atoms with Gasteiger partial charge in [-0.15, -0.1) is 0 Å². The number of amides is 3. The largest absolute Gasteiger partial charge is 0.455 e. The Labute approximate surface area is 297 Å². The Bertz CT molecular complexity index is 1420. The molecule has 5 bridgehead atoms. The third-order valence-corrected chi connectivity index (χ3v) is 11.2. The van der Waals surface area contributed by atoms with Crippen LogP contribution in [0.1, 0.15) is 71.0 Å². The minimum Gasteiger partial charge on any atom is -0.455 e. The van der Waals surface area contributed by atoms with Crippen LogP contribution in [0.25, 0.3) is 0 Å². The van der Waals surface area contributed by atoms with Gasteiger partial charge in [-0.3, -0.25) is 19.2 Å². The molecule has 9 atom stereocenters. The molecule has 0 unspecified atom stereocenters. The topological polar surface area (TPSA) is 135 Å². The number of aliphatic hydroxyl groups is 1. The first-order valence-corrected chi connectivity index (χ1v) is 18.4. The number of methoxy groups -OCH3 is 1. The van der Waals surface area contributed by atoms with E-state index in [1.54, 1.807) is 11.0 Å². The molecule has 1 aromatic rings. The molecule has 1 aromatic carbocycles. The number of esters is 1. The molecule has 4 heterocycles. The number of carbonyl (C=O) groups excluding carboxylic acids is 4. The van der Waals surface area contributed by atoms with Crippen molar-refractivity contribution in [2.75, 3.05) is 33.4 Å². The Kier molecular flexibility index (Phi) is 12.4. The number of hydrogen-bond acceptors (Lipinski definition) is 8. The monoisotopic (exact) mass is 743 g/mol. The Balaban J connectivity index is 1.65. The quantitative estimate of drug-likeness (QED) is 0.197. The first-order valence-electron chi connectivity index (χ1n) is 17.6. The van der Waals surface area contributed by atoms with E-state index in [1.165, 1.54) is 12.0 Å². The van der Waals surface area contributed by atoms with Crippen molar-refractivity contribution in [3.05, 3.63) is 58.6 Å². The molecule has 2 saturated heterocycles. The molecule has 5 rings (SSSR count). The number of benzene rings is 1. The molecule has 0 aliphatic carbocycles. The number of cyclic esters (lactones) is 1. The van der Waals surface area contributed by atoms with Gasteiger partial charge in [-0.1, -0.05) is 98.4 Å². The van der Waals surface area contributed by atoms with E-state index in [9.17, 15) is 24.3 Å². The van der Waals surface area contributed by atoms with Gasteiger partial charge in [-0.25, -0.2) is 0 Å². The fraction of sp³-hybridized carbons (Fsp3) is 0.622. The van der Waals surface area contributed by atoms with Crippen LogP contribution in [0.4, 0.5) is 0 Å². The highest BCUT2D eigenvalue weighted by atomic mass is 79.9. The number of nitrogens with one attached hydrogen (secondary N) is 1. The van der Waals surface area contributed by atoms with E-state index in [0.29, 0.717) is 29.4 Å². The second kappa shape index (κ2) is 16.3. The molecule has 0 aromatic heterocycles. The molecule has 12 heteroatoms. The number of carbonyl (C=O) groups is 4. The summed E-state index contributed by atoms with van der Waals surface area (Å²) >= 11 is 3.62. The van der Waals surface area contributed by atoms with E-state index in [0.717, 1.165) is 19.3 Å². The maximum Gasteiger partial charge on any atom is 0.313 e. The van der Waals surface area contributed by atoms with Crippen LogP contribution in [0.2, 0.25) is 0 Å². The van der Waals surface area contributed by atoms with E-state index < -0.39 is 59.6 Å². The van der Waals surface area contributed by atoms with E-state index in [4.69, 9.17) is 14.2 Å². The molecule has 0 radical (unpaired) electrons. The normalized spacial score (nSPS) is 32.4. The molecular formula is C37H50BrN3O8. The van der Waals surface area contributed by atoms with Gasteiger partial charge in [0.2, 0.25) is 17.7 Å². The summed E-state index contributed by atoms with van der Waals surface area (Å²) in [5, 5.41) is 13.7. The SMILES string of the molecule is CCCCCN1C/C=C\CCC(=O)N[C@H](COC)[C@@H](c2ccccc2)OC(=O)[C@@H]2[C@H]3O[C@@]4(C=C3Br)[C@H](C1=O)N([C@@H](CO)[C@@H](C)CC)C(=O)[C@@H]24. The summed E-state index contributed by atoms with van der Waals surface area (Å²) in [6.45, 7) is 6.48. The third-order valence-electron chi connectivity index (χ3n) is 10.5. The van der Waals surface area contributed by atoms with Crippen LogP contribution in [0.3, 0.4) is 0 Å². The molecule has 11 nitrogen and oxygen atoms in total. The summed E-state index contributed by atoms with van der Waals surface area (Å²) in [5.41, 5.74) is -0.803. The smallest absolute Gasteiger partial charge is 0.313 e. The summed E-state index contributed by atoms with van der Waals surface area (Å²) in [7, 11) is 1.51. The maximum absolute atomic E-state index is 14.9. The van der Waals surface area contributed by atoms with Gasteiger partial charge >= 0.3 is 5.97 Å². The number of rotatable bonds is 11. The number of likely N-dealkylation sites (tertiary alicyclic amines) is 1. The number of nitrogens with zero attached hydrogens (tertiary/aromatic N) is 2. The number of fused-ring (bicyclic) bond motifs is 2. The lowest BCUT2D eigenvalue weighted by Gasteiger charge is -2.40. The van der Waals surface area contributed by atoms with E-state index >= 15 is 0 Å². The van der Waals surface area contributed by atoms with Crippen LogP contribution in [-0.2, 0) is 33.4 Å². The zero-order valence-electron chi connectivity index (χ0n) is 28.9. The number of ether oxygens (including phenoxy) is 3. The fourth-order valence-electron chi connectivity index (χ4n) is 7.82. The Morgan fingerprint density at radius 3 is 2.51 bits per heavy atom. The summed E-state index contributed by atoms with van der Waals surface area (Å²) in [5.74, 6) is -3.91. The van der Waals surface area contributed by atoms with Crippen molar-refractivity contribution in [3.63, 3.8) is 0 Å². The van der Waals surface area contributed by atoms with Crippen molar-refractivity contribution in [1.82, 2.24) is 15.1 Å². The first kappa shape index (κ1) is 37.2. The summed E-state index contributed by atoms with van der Waals surface area (Å²) in [6, 6.07) is 6.62. The molecule has 4 aliphatic rings. The first-order chi connectivity index (χ1) is 23.6. The minimum atomic E-state index is -1.45. The lowest BCUT2D eigenvalue weighted by Crippen LogP contribution is -2.59. The Morgan fingerprint density at radius 2 is 1.84 bits per heavy atom. The lowest BCUT2D eigenvalue weighted by molar-refractivity contribution is -0.163. The van der Waals surface area contributed by atoms with Crippen molar-refractivity contribution in [2.45, 2.75) is 95.2 Å². The van der Waals surface area contributed by atoms with Gasteiger partial charge in [0.15, 0.2) is 0 Å². The molecule has 49 heavy (non-hydrogen) atoms. The predicted octanol–water partition coefficient (Wildman–Crippen LogP) is 4.05. The number of aliphatic hydroxyl groups excluding tert-OH is 1. The molecule has 3 amide bonds. The van der Waals surface area contributed by atoms with Crippen molar-refractivity contribution in [1.29, 1.82) is 0 Å². The third kappa shape index (κ3) is 7.25. The molecule has 4 aliphatic heterocycles. The van der Waals surface area contributed by atoms with Crippen LogP contribution in [-0.4, -0.2) is 102 Å². The number of hydrogen-bond donors (Lipinski definition) is 2. The van der Waals surface area contributed by atoms with Gasteiger partial charge in [-0.05, 0) is 30.4 Å². The molecule has 1 spiro atoms. The summed E-state index contributed by atoms with van der Waals surface area (Å²) in [6.07, 6.45) is 7.70. The number of unbranched alkanes of at least 4 members (excludes halogenated alkanes) is 2. The highest BCUT2D eigenvalue weighted by Gasteiger charge is 2.75. The molecule has 268 valence electrons. The fourth-order valence-corrected chi connectivity index (χ4v) is 8.56. The van der Waals surface area contributed by atoms with Gasteiger partial charge in [-0.2, -0.15) is 0 Å². The summed E-state index contributed by atoms with van der Waals surface area (Å²) < 4.78 is 19.1. The van der Waals surface area contributed by atoms with Crippen LogP contribution in [0.5, 0.6) is 0 Å². The molecule has 2 fully saturated rings. The highest BCUT2D eigenvalue weighted by molar-refractivity contribution is 9.11.